The van der Waals surface area contributed by atoms with Crippen LogP contribution < -0.4 is 5.73 Å². The minimum absolute atomic E-state index is 0.179. The number of ether oxygens (including phenoxy) is 1. The first-order chi connectivity index (χ1) is 11.6. The van der Waals surface area contributed by atoms with Gasteiger partial charge in [0.15, 0.2) is 10.7 Å². The Kier molecular flexibility index (Phi) is 5.34. The minimum atomic E-state index is -4.87. The maximum Gasteiger partial charge on any atom is 0.421 e. The van der Waals surface area contributed by atoms with E-state index in [9.17, 15) is 22.5 Å². The highest BCUT2D eigenvalue weighted by Gasteiger charge is 2.43. The molecule has 0 spiro atoms. The molecule has 0 bridgehead atoms. The van der Waals surface area contributed by atoms with E-state index in [1.165, 1.54) is 14.2 Å². The Morgan fingerprint density at radius 3 is 2.52 bits per heavy atom. The third-order valence-electron chi connectivity index (χ3n) is 3.37. The molecule has 2 N–H and O–H groups in total. The zero-order valence-electron chi connectivity index (χ0n) is 13.4. The first kappa shape index (κ1) is 19.1. The van der Waals surface area contributed by atoms with Gasteiger partial charge in [-0.05, 0) is 27.7 Å². The number of halogens is 3. The van der Waals surface area contributed by atoms with Crippen LogP contribution in [0.2, 0.25) is 0 Å². The zero-order chi connectivity index (χ0) is 18.9. The third kappa shape index (κ3) is 3.60. The molecule has 25 heavy (non-hydrogen) atoms. The summed E-state index contributed by atoms with van der Waals surface area (Å²) in [6, 6.07) is 0.946. The van der Waals surface area contributed by atoms with Gasteiger partial charge in [0.2, 0.25) is 5.91 Å². The van der Waals surface area contributed by atoms with Gasteiger partial charge in [0.05, 0.1) is 12.2 Å². The van der Waals surface area contributed by atoms with Crippen molar-refractivity contribution in [2.24, 2.45) is 12.8 Å². The number of carbonyl (C=O) groups excluding carboxylic acids is 1. The van der Waals surface area contributed by atoms with Crippen molar-refractivity contribution in [1.29, 1.82) is 0 Å². The lowest BCUT2D eigenvalue weighted by atomic mass is 9.96. The fraction of sp³-hybridized carbons (Fsp3) is 0.385. The van der Waals surface area contributed by atoms with Gasteiger partial charge in [-0.2, -0.15) is 13.2 Å². The molecule has 0 saturated heterocycles. The van der Waals surface area contributed by atoms with Crippen LogP contribution in [0, 0.1) is 0 Å². The molecule has 1 heterocycles. The molecule has 1 aromatic heterocycles. The summed E-state index contributed by atoms with van der Waals surface area (Å²) in [5.74, 6) is -1.23. The van der Waals surface area contributed by atoms with Crippen LogP contribution in [-0.4, -0.2) is 44.0 Å². The normalized spacial score (nSPS) is 13.1. The van der Waals surface area contributed by atoms with Crippen LogP contribution in [0.15, 0.2) is 11.0 Å². The second-order valence-corrected chi connectivity index (χ2v) is 6.35. The molecule has 136 valence electrons. The van der Waals surface area contributed by atoms with E-state index in [4.69, 9.17) is 10.5 Å². The van der Waals surface area contributed by atoms with E-state index >= 15 is 0 Å². The standard InChI is InChI=1S/C13H14F3N5O3S/c1-21-12(18-19-20-21)7-4-6(11(17)22)8(5-24-2)10(25(3)23)9(7)13(14,15)16/h4H,5H2,1-3H3,(H2,17,22). The second kappa shape index (κ2) is 6.98. The van der Waals surface area contributed by atoms with Gasteiger partial charge in [0.25, 0.3) is 0 Å². The maximum absolute atomic E-state index is 13.8. The number of nitrogens with two attached hydrogens (primary N) is 1. The van der Waals surface area contributed by atoms with Crippen molar-refractivity contribution >= 4 is 17.1 Å². The van der Waals surface area contributed by atoms with Crippen LogP contribution in [0.3, 0.4) is 0 Å². The van der Waals surface area contributed by atoms with Crippen molar-refractivity contribution in [3.05, 3.63) is 22.8 Å². The Balaban J connectivity index is 3.02. The van der Waals surface area contributed by atoms with Crippen LogP contribution in [0.5, 0.6) is 0 Å². The van der Waals surface area contributed by atoms with Gasteiger partial charge in [-0.1, -0.05) is 0 Å². The summed E-state index contributed by atoms with van der Waals surface area (Å²) in [6.45, 7) is -0.367. The molecule has 12 heteroatoms. The molecule has 0 aliphatic rings. The lowest BCUT2D eigenvalue weighted by molar-refractivity contribution is -0.139. The van der Waals surface area contributed by atoms with Gasteiger partial charge in [0, 0.05) is 25.3 Å². The fourth-order valence-electron chi connectivity index (χ4n) is 2.44. The van der Waals surface area contributed by atoms with Crippen LogP contribution in [-0.2, 0) is 35.7 Å². The third-order valence-corrected chi connectivity index (χ3v) is 4.40. The van der Waals surface area contributed by atoms with E-state index in [2.05, 4.69) is 15.5 Å². The maximum atomic E-state index is 13.8. The van der Waals surface area contributed by atoms with Crippen LogP contribution >= 0.6 is 0 Å². The molecule has 2 aromatic rings. The van der Waals surface area contributed by atoms with E-state index in [0.29, 0.717) is 0 Å². The number of tetrazole rings is 1. The van der Waals surface area contributed by atoms with Crippen LogP contribution in [0.1, 0.15) is 21.5 Å². The van der Waals surface area contributed by atoms with E-state index in [1.807, 2.05) is 0 Å². The number of rotatable bonds is 5. The predicted molar refractivity (Wildman–Crippen MR) is 80.8 cm³/mol. The molecular weight excluding hydrogens is 363 g/mol. The molecule has 1 unspecified atom stereocenters. The Morgan fingerprint density at radius 2 is 2.12 bits per heavy atom. The lowest BCUT2D eigenvalue weighted by Crippen LogP contribution is -2.23. The molecule has 0 aliphatic heterocycles. The van der Waals surface area contributed by atoms with E-state index in [0.717, 1.165) is 17.0 Å². The Bertz CT molecular complexity index is 807. The Morgan fingerprint density at radius 1 is 1.48 bits per heavy atom. The Labute approximate surface area is 143 Å². The average Bonchev–Trinajstić information content (AvgIpc) is 2.91. The minimum Gasteiger partial charge on any atom is -0.612 e. The first-order valence-corrected chi connectivity index (χ1v) is 8.27. The molecular formula is C13H14F3N5O3S. The number of aryl methyl sites for hydroxylation is 1. The Hall–Kier alpha value is -2.18. The number of amides is 1. The molecule has 0 fully saturated rings. The summed E-state index contributed by atoms with van der Waals surface area (Å²) in [6.07, 6.45) is -3.80. The van der Waals surface area contributed by atoms with Crippen LogP contribution in [0.25, 0.3) is 11.4 Å². The quantitative estimate of drug-likeness (QED) is 0.773. The number of hydrogen-bond donors (Lipinski definition) is 1. The summed E-state index contributed by atoms with van der Waals surface area (Å²) in [4.78, 5) is 11.2. The van der Waals surface area contributed by atoms with Crippen molar-refractivity contribution in [1.82, 2.24) is 20.2 Å². The van der Waals surface area contributed by atoms with Crippen molar-refractivity contribution in [2.45, 2.75) is 17.7 Å². The highest BCUT2D eigenvalue weighted by molar-refractivity contribution is 7.90. The number of hydrogen-bond acceptors (Lipinski definition) is 6. The fourth-order valence-corrected chi connectivity index (χ4v) is 3.47. The number of aromatic nitrogens is 4. The first-order valence-electron chi connectivity index (χ1n) is 6.71. The van der Waals surface area contributed by atoms with Gasteiger partial charge in [0.1, 0.15) is 11.8 Å². The largest absolute Gasteiger partial charge is 0.612 e. The van der Waals surface area contributed by atoms with Gasteiger partial charge >= 0.3 is 6.18 Å². The monoisotopic (exact) mass is 377 g/mol. The van der Waals surface area contributed by atoms with Crippen molar-refractivity contribution in [3.8, 4) is 11.4 Å². The zero-order valence-corrected chi connectivity index (χ0v) is 14.2. The summed E-state index contributed by atoms with van der Waals surface area (Å²) in [7, 11) is 2.58. The van der Waals surface area contributed by atoms with E-state index in [-0.39, 0.29) is 23.6 Å². The SMILES string of the molecule is COCc1c(C(N)=O)cc(-c2nnnn2C)c(C(F)(F)F)c1[S+](C)[O-]. The number of carbonyl (C=O) groups is 1. The van der Waals surface area contributed by atoms with E-state index in [1.54, 1.807) is 0 Å². The van der Waals surface area contributed by atoms with E-state index < -0.39 is 39.3 Å². The molecule has 2 rings (SSSR count). The number of nitrogens with zero attached hydrogens (tertiary/aromatic N) is 4. The van der Waals surface area contributed by atoms with Gasteiger partial charge in [-0.25, -0.2) is 4.68 Å². The second-order valence-electron chi connectivity index (χ2n) is 5.03. The molecule has 1 atom stereocenters. The molecule has 8 nitrogen and oxygen atoms in total. The smallest absolute Gasteiger partial charge is 0.421 e. The number of methoxy groups -OCH3 is 1. The van der Waals surface area contributed by atoms with Crippen LogP contribution in [0.4, 0.5) is 13.2 Å². The molecule has 0 radical (unpaired) electrons. The van der Waals surface area contributed by atoms with Crippen molar-refractivity contribution < 1.29 is 27.3 Å². The number of alkyl halides is 3. The molecule has 0 saturated carbocycles. The average molecular weight is 377 g/mol. The summed E-state index contributed by atoms with van der Waals surface area (Å²) < 4.78 is 59.3. The topological polar surface area (TPSA) is 119 Å². The van der Waals surface area contributed by atoms with Gasteiger partial charge in [-0.3, -0.25) is 4.79 Å². The van der Waals surface area contributed by atoms with Gasteiger partial charge in [-0.15, -0.1) is 5.10 Å². The van der Waals surface area contributed by atoms with Crippen molar-refractivity contribution in [3.63, 3.8) is 0 Å². The molecule has 1 amide bonds. The molecule has 1 aromatic carbocycles. The lowest BCUT2D eigenvalue weighted by Gasteiger charge is -2.21. The summed E-state index contributed by atoms with van der Waals surface area (Å²) in [5.41, 5.74) is 3.21. The number of primary amides is 1. The summed E-state index contributed by atoms with van der Waals surface area (Å²) in [5, 5.41) is 10.4. The highest BCUT2D eigenvalue weighted by Crippen LogP contribution is 2.43. The summed E-state index contributed by atoms with van der Waals surface area (Å²) >= 11 is -2.09. The predicted octanol–water partition coefficient (Wildman–Crippen LogP) is 0.879. The number of benzene rings is 1. The van der Waals surface area contributed by atoms with Gasteiger partial charge < -0.3 is 15.0 Å². The highest BCUT2D eigenvalue weighted by atomic mass is 32.2. The van der Waals surface area contributed by atoms with Crippen molar-refractivity contribution in [2.75, 3.05) is 13.4 Å². The molecule has 0 aliphatic carbocycles.